The zero-order valence-electron chi connectivity index (χ0n) is 9.71. The van der Waals surface area contributed by atoms with Crippen molar-refractivity contribution in [3.63, 3.8) is 0 Å². The van der Waals surface area contributed by atoms with Gasteiger partial charge in [0.15, 0.2) is 0 Å². The number of aryl methyl sites for hydroxylation is 1. The Hall–Kier alpha value is -1.75. The summed E-state index contributed by atoms with van der Waals surface area (Å²) in [6, 6.07) is 2.46. The maximum atomic E-state index is 13.2. The summed E-state index contributed by atoms with van der Waals surface area (Å²) in [6.45, 7) is 2.68. The predicted octanol–water partition coefficient (Wildman–Crippen LogP) is 0.883. The molecule has 0 atom stereocenters. The van der Waals surface area contributed by atoms with Crippen LogP contribution in [-0.4, -0.2) is 31.8 Å². The van der Waals surface area contributed by atoms with Crippen molar-refractivity contribution in [1.82, 2.24) is 5.32 Å². The number of nitrogens with one attached hydrogen (secondary N) is 1. The quantitative estimate of drug-likeness (QED) is 0.793. The molecule has 1 aliphatic heterocycles. The molecule has 1 amide bonds. The van der Waals surface area contributed by atoms with E-state index in [1.165, 1.54) is 11.0 Å². The van der Waals surface area contributed by atoms with Crippen molar-refractivity contribution in [3.8, 4) is 0 Å². The van der Waals surface area contributed by atoms with Crippen LogP contribution in [0.4, 0.5) is 10.1 Å². The average molecular weight is 236 g/mol. The van der Waals surface area contributed by atoms with E-state index in [9.17, 15) is 14.0 Å². The first-order valence-corrected chi connectivity index (χ1v) is 5.37. The number of rotatable bonds is 3. The van der Waals surface area contributed by atoms with Crippen LogP contribution < -0.4 is 10.2 Å². The van der Waals surface area contributed by atoms with Gasteiger partial charge in [-0.15, -0.1) is 0 Å². The van der Waals surface area contributed by atoms with Gasteiger partial charge in [0.2, 0.25) is 0 Å². The minimum Gasteiger partial charge on any atom is -0.318 e. The van der Waals surface area contributed by atoms with Gasteiger partial charge in [-0.1, -0.05) is 0 Å². The van der Waals surface area contributed by atoms with Crippen LogP contribution in [0, 0.1) is 12.7 Å². The van der Waals surface area contributed by atoms with E-state index in [4.69, 9.17) is 0 Å². The second kappa shape index (κ2) is 4.25. The predicted molar refractivity (Wildman–Crippen MR) is 61.7 cm³/mol. The fourth-order valence-electron chi connectivity index (χ4n) is 2.04. The summed E-state index contributed by atoms with van der Waals surface area (Å²) in [7, 11) is 1.76. The van der Waals surface area contributed by atoms with E-state index in [1.54, 1.807) is 14.0 Å². The maximum absolute atomic E-state index is 13.2. The minimum atomic E-state index is -0.626. The third-order valence-electron chi connectivity index (χ3n) is 2.80. The molecule has 0 saturated carbocycles. The summed E-state index contributed by atoms with van der Waals surface area (Å²) in [5.41, 5.74) is 1.32. The smallest absolute Gasteiger partial charge is 0.299 e. The number of amides is 1. The molecule has 1 N–H and O–H groups in total. The third kappa shape index (κ3) is 1.82. The summed E-state index contributed by atoms with van der Waals surface area (Å²) < 4.78 is 13.2. The van der Waals surface area contributed by atoms with Gasteiger partial charge in [-0.05, 0) is 31.7 Å². The van der Waals surface area contributed by atoms with Crippen LogP contribution in [0.15, 0.2) is 12.1 Å². The van der Waals surface area contributed by atoms with Crippen molar-refractivity contribution in [1.29, 1.82) is 0 Å². The highest BCUT2D eigenvalue weighted by Gasteiger charge is 2.36. The summed E-state index contributed by atoms with van der Waals surface area (Å²) in [4.78, 5) is 24.9. The van der Waals surface area contributed by atoms with Crippen LogP contribution in [0.3, 0.4) is 0 Å². The van der Waals surface area contributed by atoms with E-state index in [0.29, 0.717) is 24.3 Å². The zero-order valence-corrected chi connectivity index (χ0v) is 9.71. The van der Waals surface area contributed by atoms with Crippen molar-refractivity contribution < 1.29 is 14.0 Å². The number of carbonyl (C=O) groups is 2. The summed E-state index contributed by atoms with van der Waals surface area (Å²) in [6.07, 6.45) is 0. The molecule has 5 heteroatoms. The van der Waals surface area contributed by atoms with Gasteiger partial charge < -0.3 is 10.2 Å². The Balaban J connectivity index is 2.48. The fourth-order valence-corrected chi connectivity index (χ4v) is 2.04. The third-order valence-corrected chi connectivity index (χ3v) is 2.80. The summed E-state index contributed by atoms with van der Waals surface area (Å²) in [5.74, 6) is -1.69. The van der Waals surface area contributed by atoms with E-state index >= 15 is 0 Å². The topological polar surface area (TPSA) is 49.4 Å². The molecule has 1 heterocycles. The van der Waals surface area contributed by atoms with Crippen molar-refractivity contribution in [2.75, 3.05) is 25.0 Å². The molecule has 1 aromatic carbocycles. The van der Waals surface area contributed by atoms with E-state index in [1.807, 2.05) is 0 Å². The van der Waals surface area contributed by atoms with Gasteiger partial charge in [0, 0.05) is 13.1 Å². The number of likely N-dealkylation sites (N-methyl/N-ethyl adjacent to an activating group) is 1. The van der Waals surface area contributed by atoms with Gasteiger partial charge in [-0.3, -0.25) is 9.59 Å². The number of benzene rings is 1. The normalized spacial score (nSPS) is 14.4. The average Bonchev–Trinajstić information content (AvgIpc) is 2.51. The molecule has 17 heavy (non-hydrogen) atoms. The molecule has 0 bridgehead atoms. The molecule has 0 aliphatic carbocycles. The molecule has 0 fully saturated rings. The molecule has 0 unspecified atom stereocenters. The monoisotopic (exact) mass is 236 g/mol. The van der Waals surface area contributed by atoms with Gasteiger partial charge in [0.05, 0.1) is 11.3 Å². The number of halogens is 1. The van der Waals surface area contributed by atoms with Gasteiger partial charge in [-0.25, -0.2) is 4.39 Å². The van der Waals surface area contributed by atoms with Gasteiger partial charge >= 0.3 is 0 Å². The summed E-state index contributed by atoms with van der Waals surface area (Å²) in [5, 5.41) is 2.91. The Morgan fingerprint density at radius 1 is 1.35 bits per heavy atom. The number of carbonyl (C=O) groups excluding carboxylic acids is 2. The number of hydrogen-bond donors (Lipinski definition) is 1. The highest BCUT2D eigenvalue weighted by Crippen LogP contribution is 2.32. The lowest BCUT2D eigenvalue weighted by atomic mass is 10.1. The first-order valence-electron chi connectivity index (χ1n) is 5.37. The van der Waals surface area contributed by atoms with Gasteiger partial charge in [0.25, 0.3) is 11.7 Å². The van der Waals surface area contributed by atoms with Crippen molar-refractivity contribution in [2.24, 2.45) is 0 Å². The number of nitrogens with zero attached hydrogens (tertiary/aromatic N) is 1. The number of hydrogen-bond acceptors (Lipinski definition) is 3. The molecule has 2 rings (SSSR count). The van der Waals surface area contributed by atoms with Crippen molar-refractivity contribution >= 4 is 17.4 Å². The molecule has 1 aliphatic rings. The molecule has 0 saturated heterocycles. The molecule has 4 nitrogen and oxygen atoms in total. The molecule has 0 spiro atoms. The van der Waals surface area contributed by atoms with E-state index < -0.39 is 17.5 Å². The summed E-state index contributed by atoms with van der Waals surface area (Å²) >= 11 is 0. The Morgan fingerprint density at radius 2 is 2.06 bits per heavy atom. The number of Topliss-reactive ketones (excluding diaryl/α,β-unsaturated/α-hetero) is 1. The highest BCUT2D eigenvalue weighted by atomic mass is 19.1. The van der Waals surface area contributed by atoms with Crippen molar-refractivity contribution in [3.05, 3.63) is 29.1 Å². The van der Waals surface area contributed by atoms with Crippen molar-refractivity contribution in [2.45, 2.75) is 6.92 Å². The molecule has 1 aromatic rings. The number of ketones is 1. The Morgan fingerprint density at radius 3 is 2.71 bits per heavy atom. The fraction of sp³-hybridized carbons (Fsp3) is 0.333. The van der Waals surface area contributed by atoms with E-state index in [-0.39, 0.29) is 5.56 Å². The van der Waals surface area contributed by atoms with Crippen LogP contribution in [0.1, 0.15) is 15.9 Å². The molecule has 0 radical (unpaired) electrons. The van der Waals surface area contributed by atoms with Crippen LogP contribution in [0.25, 0.3) is 0 Å². The lowest BCUT2D eigenvalue weighted by Gasteiger charge is -2.18. The van der Waals surface area contributed by atoms with Crippen LogP contribution in [-0.2, 0) is 4.79 Å². The highest BCUT2D eigenvalue weighted by molar-refractivity contribution is 6.52. The number of fused-ring (bicyclic) bond motifs is 1. The van der Waals surface area contributed by atoms with Crippen LogP contribution in [0.5, 0.6) is 0 Å². The molecular formula is C12H13FN2O2. The van der Waals surface area contributed by atoms with Crippen LogP contribution >= 0.6 is 0 Å². The molecular weight excluding hydrogens is 223 g/mol. The Kier molecular flexibility index (Phi) is 2.93. The van der Waals surface area contributed by atoms with E-state index in [2.05, 4.69) is 5.32 Å². The van der Waals surface area contributed by atoms with Crippen LogP contribution in [0.2, 0.25) is 0 Å². The second-order valence-corrected chi connectivity index (χ2v) is 4.01. The van der Waals surface area contributed by atoms with Gasteiger partial charge in [0.1, 0.15) is 5.82 Å². The SMILES string of the molecule is CNCCN1C(=O)C(=O)c2cc(F)cc(C)c21. The lowest BCUT2D eigenvalue weighted by molar-refractivity contribution is -0.114. The first-order chi connectivity index (χ1) is 8.06. The molecule has 90 valence electrons. The first kappa shape index (κ1) is 11.7. The largest absolute Gasteiger partial charge is 0.318 e. The van der Waals surface area contributed by atoms with E-state index in [0.717, 1.165) is 6.07 Å². The zero-order chi connectivity index (χ0) is 12.6. The Labute approximate surface area is 98.4 Å². The number of anilines is 1. The standard InChI is InChI=1S/C12H13FN2O2/c1-7-5-8(13)6-9-10(7)15(4-3-14-2)12(17)11(9)16/h5-6,14H,3-4H2,1-2H3. The lowest BCUT2D eigenvalue weighted by Crippen LogP contribution is -2.35. The maximum Gasteiger partial charge on any atom is 0.299 e. The second-order valence-electron chi connectivity index (χ2n) is 4.01. The molecule has 0 aromatic heterocycles. The Bertz CT molecular complexity index is 500. The minimum absolute atomic E-state index is 0.170. The van der Waals surface area contributed by atoms with Gasteiger partial charge in [-0.2, -0.15) is 0 Å².